The van der Waals surface area contributed by atoms with Crippen LogP contribution in [0.25, 0.3) is 0 Å². The van der Waals surface area contributed by atoms with Crippen LogP contribution in [0.15, 0.2) is 18.2 Å². The van der Waals surface area contributed by atoms with Gasteiger partial charge < -0.3 is 15.3 Å². The molecule has 0 radical (unpaired) electrons. The Morgan fingerprint density at radius 1 is 1.27 bits per heavy atom. The van der Waals surface area contributed by atoms with Crippen LogP contribution in [-0.2, 0) is 9.59 Å². The van der Waals surface area contributed by atoms with Crippen LogP contribution in [0.4, 0.5) is 5.69 Å². The number of benzene rings is 1. The molecule has 1 aromatic rings. The fourth-order valence-corrected chi connectivity index (χ4v) is 2.85. The second kappa shape index (κ2) is 7.40. The van der Waals surface area contributed by atoms with E-state index in [1.54, 1.807) is 11.0 Å². The van der Waals surface area contributed by atoms with Crippen molar-refractivity contribution >= 4 is 17.5 Å². The van der Waals surface area contributed by atoms with Gasteiger partial charge in [0.2, 0.25) is 0 Å². The Morgan fingerprint density at radius 2 is 2.05 bits per heavy atom. The lowest BCUT2D eigenvalue weighted by Crippen LogP contribution is -2.48. The van der Waals surface area contributed by atoms with E-state index >= 15 is 0 Å². The molecule has 120 valence electrons. The lowest BCUT2D eigenvalue weighted by molar-refractivity contribution is -0.146. The molecule has 0 aliphatic carbocycles. The number of carbonyl (C=O) groups excluding carboxylic acids is 2. The van der Waals surface area contributed by atoms with Gasteiger partial charge in [-0.1, -0.05) is 6.07 Å². The quantitative estimate of drug-likeness (QED) is 0.839. The fourth-order valence-electron chi connectivity index (χ4n) is 2.85. The third-order valence-corrected chi connectivity index (χ3v) is 4.31. The van der Waals surface area contributed by atoms with Crippen molar-refractivity contribution in [2.75, 3.05) is 18.5 Å². The molecular weight excluding hydrogens is 280 g/mol. The minimum atomic E-state index is -0.604. The van der Waals surface area contributed by atoms with E-state index in [9.17, 15) is 9.59 Å². The number of hydrogen-bond donors (Lipinski definition) is 2. The van der Waals surface area contributed by atoms with E-state index in [0.717, 1.165) is 30.4 Å². The summed E-state index contributed by atoms with van der Waals surface area (Å²) in [5, 5.41) is 11.8. The molecule has 1 aliphatic heterocycles. The molecule has 1 saturated heterocycles. The van der Waals surface area contributed by atoms with Crippen LogP contribution < -0.4 is 5.32 Å². The first-order chi connectivity index (χ1) is 10.5. The molecule has 0 bridgehead atoms. The third-order valence-electron chi connectivity index (χ3n) is 4.31. The summed E-state index contributed by atoms with van der Waals surface area (Å²) in [5.41, 5.74) is 2.85. The second-order valence-electron chi connectivity index (χ2n) is 5.91. The van der Waals surface area contributed by atoms with Gasteiger partial charge in [-0.2, -0.15) is 0 Å². The molecule has 0 aromatic heterocycles. The number of carbonyl (C=O) groups is 2. The summed E-state index contributed by atoms with van der Waals surface area (Å²) in [5.74, 6) is -1.11. The van der Waals surface area contributed by atoms with E-state index in [1.807, 2.05) is 26.0 Å². The number of aryl methyl sites for hydroxylation is 2. The molecule has 1 atom stereocenters. The Balaban J connectivity index is 2.04. The first-order valence-corrected chi connectivity index (χ1v) is 7.83. The molecule has 1 heterocycles. The molecule has 22 heavy (non-hydrogen) atoms. The van der Waals surface area contributed by atoms with Crippen molar-refractivity contribution in [2.24, 2.45) is 0 Å². The molecule has 1 aliphatic rings. The molecule has 2 rings (SSSR count). The molecule has 2 N–H and O–H groups in total. The summed E-state index contributed by atoms with van der Waals surface area (Å²) < 4.78 is 0. The number of nitrogens with one attached hydrogen (secondary N) is 1. The molecule has 5 heteroatoms. The Morgan fingerprint density at radius 3 is 2.73 bits per heavy atom. The van der Waals surface area contributed by atoms with Crippen LogP contribution in [-0.4, -0.2) is 41.0 Å². The van der Waals surface area contributed by atoms with Gasteiger partial charge in [0.1, 0.15) is 0 Å². The van der Waals surface area contributed by atoms with Gasteiger partial charge in [0.15, 0.2) is 0 Å². The zero-order chi connectivity index (χ0) is 16.1. The standard InChI is InChI=1S/C17H24N2O3/c1-12-6-7-14(11-13(12)2)18-16(21)17(22)19-9-4-3-5-15(19)8-10-20/h6-7,11,15,20H,3-5,8-10H2,1-2H3,(H,18,21). The van der Waals surface area contributed by atoms with Crippen LogP contribution >= 0.6 is 0 Å². The lowest BCUT2D eigenvalue weighted by Gasteiger charge is -2.35. The topological polar surface area (TPSA) is 69.6 Å². The van der Waals surface area contributed by atoms with Crippen molar-refractivity contribution in [1.29, 1.82) is 0 Å². The van der Waals surface area contributed by atoms with Crippen molar-refractivity contribution in [3.05, 3.63) is 29.3 Å². The number of amides is 2. The largest absolute Gasteiger partial charge is 0.396 e. The minimum absolute atomic E-state index is 0.0308. The van der Waals surface area contributed by atoms with Crippen molar-refractivity contribution in [1.82, 2.24) is 4.90 Å². The predicted octanol–water partition coefficient (Wildman–Crippen LogP) is 2.01. The first kappa shape index (κ1) is 16.5. The van der Waals surface area contributed by atoms with Crippen LogP contribution in [0.1, 0.15) is 36.8 Å². The van der Waals surface area contributed by atoms with Gasteiger partial charge >= 0.3 is 11.8 Å². The van der Waals surface area contributed by atoms with Crippen LogP contribution in [0.2, 0.25) is 0 Å². The number of aliphatic hydroxyl groups is 1. The summed E-state index contributed by atoms with van der Waals surface area (Å²) in [6.07, 6.45) is 3.32. The number of piperidine rings is 1. The van der Waals surface area contributed by atoms with Gasteiger partial charge in [-0.25, -0.2) is 0 Å². The lowest BCUT2D eigenvalue weighted by atomic mass is 9.99. The van der Waals surface area contributed by atoms with Crippen molar-refractivity contribution < 1.29 is 14.7 Å². The number of hydrogen-bond acceptors (Lipinski definition) is 3. The highest BCUT2D eigenvalue weighted by Gasteiger charge is 2.30. The fraction of sp³-hybridized carbons (Fsp3) is 0.529. The molecule has 2 amide bonds. The minimum Gasteiger partial charge on any atom is -0.396 e. The van der Waals surface area contributed by atoms with Crippen molar-refractivity contribution in [2.45, 2.75) is 45.6 Å². The normalized spacial score (nSPS) is 18.1. The zero-order valence-corrected chi connectivity index (χ0v) is 13.3. The number of anilines is 1. The van der Waals surface area contributed by atoms with E-state index in [0.29, 0.717) is 18.7 Å². The molecule has 1 fully saturated rings. The van der Waals surface area contributed by atoms with Crippen molar-refractivity contribution in [3.63, 3.8) is 0 Å². The third kappa shape index (κ3) is 3.85. The van der Waals surface area contributed by atoms with E-state index in [2.05, 4.69) is 5.32 Å². The van der Waals surface area contributed by atoms with Crippen molar-refractivity contribution in [3.8, 4) is 0 Å². The highest BCUT2D eigenvalue weighted by Crippen LogP contribution is 2.20. The van der Waals surface area contributed by atoms with E-state index in [-0.39, 0.29) is 12.6 Å². The maximum atomic E-state index is 12.4. The molecule has 0 saturated carbocycles. The van der Waals surface area contributed by atoms with Crippen LogP contribution in [0.3, 0.4) is 0 Å². The summed E-state index contributed by atoms with van der Waals surface area (Å²) >= 11 is 0. The molecule has 1 aromatic carbocycles. The Kier molecular flexibility index (Phi) is 5.55. The second-order valence-corrected chi connectivity index (χ2v) is 5.91. The number of rotatable bonds is 3. The highest BCUT2D eigenvalue weighted by molar-refractivity contribution is 6.39. The van der Waals surface area contributed by atoms with E-state index in [4.69, 9.17) is 5.11 Å². The zero-order valence-electron chi connectivity index (χ0n) is 13.3. The van der Waals surface area contributed by atoms with Crippen LogP contribution in [0, 0.1) is 13.8 Å². The highest BCUT2D eigenvalue weighted by atomic mass is 16.3. The van der Waals surface area contributed by atoms with Gasteiger partial charge in [0.25, 0.3) is 0 Å². The first-order valence-electron chi connectivity index (χ1n) is 7.83. The van der Waals surface area contributed by atoms with Gasteiger partial charge in [-0.3, -0.25) is 9.59 Å². The summed E-state index contributed by atoms with van der Waals surface area (Å²) in [7, 11) is 0. The average Bonchev–Trinajstić information content (AvgIpc) is 2.51. The Hall–Kier alpha value is -1.88. The van der Waals surface area contributed by atoms with E-state index < -0.39 is 11.8 Å². The van der Waals surface area contributed by atoms with E-state index in [1.165, 1.54) is 0 Å². The summed E-state index contributed by atoms with van der Waals surface area (Å²) in [6, 6.07) is 5.55. The molecular formula is C17H24N2O3. The maximum absolute atomic E-state index is 12.4. The van der Waals surface area contributed by atoms with Crippen LogP contribution in [0.5, 0.6) is 0 Å². The van der Waals surface area contributed by atoms with Gasteiger partial charge in [-0.15, -0.1) is 0 Å². The number of likely N-dealkylation sites (tertiary alicyclic amines) is 1. The molecule has 1 unspecified atom stereocenters. The number of aliphatic hydroxyl groups excluding tert-OH is 1. The maximum Gasteiger partial charge on any atom is 0.313 e. The monoisotopic (exact) mass is 304 g/mol. The Bertz CT molecular complexity index is 555. The summed E-state index contributed by atoms with van der Waals surface area (Å²) in [6.45, 7) is 4.59. The number of nitrogens with zero attached hydrogens (tertiary/aromatic N) is 1. The van der Waals surface area contributed by atoms with Gasteiger partial charge in [-0.05, 0) is 62.8 Å². The molecule has 5 nitrogen and oxygen atoms in total. The Labute approximate surface area is 131 Å². The molecule has 0 spiro atoms. The smallest absolute Gasteiger partial charge is 0.313 e. The SMILES string of the molecule is Cc1ccc(NC(=O)C(=O)N2CCCCC2CCO)cc1C. The predicted molar refractivity (Wildman–Crippen MR) is 85.6 cm³/mol. The van der Waals surface area contributed by atoms with Gasteiger partial charge in [0.05, 0.1) is 0 Å². The summed E-state index contributed by atoms with van der Waals surface area (Å²) in [4.78, 5) is 26.2. The average molecular weight is 304 g/mol. The van der Waals surface area contributed by atoms with Gasteiger partial charge in [0, 0.05) is 24.9 Å².